The summed E-state index contributed by atoms with van der Waals surface area (Å²) in [5.74, 6) is -0.547. The van der Waals surface area contributed by atoms with Crippen LogP contribution in [0.25, 0.3) is 0 Å². The number of pyridine rings is 1. The Morgan fingerprint density at radius 2 is 2.16 bits per heavy atom. The van der Waals surface area contributed by atoms with Crippen molar-refractivity contribution in [3.05, 3.63) is 42.0 Å². The standard InChI is InChI=1S/C16H17F3N4O2/c17-16(18,19)14-5-4-11(7-20-14)15(24)22-12-8-21-23(9-12)10-13-3-1-2-6-25-13/h4-5,7-9,13H,1-3,6,10H2,(H,22,24)/t13-/m1/s1. The Morgan fingerprint density at radius 3 is 2.80 bits per heavy atom. The number of aromatic nitrogens is 3. The van der Waals surface area contributed by atoms with Gasteiger partial charge in [-0.05, 0) is 31.4 Å². The van der Waals surface area contributed by atoms with Crippen molar-refractivity contribution in [1.82, 2.24) is 14.8 Å². The molecule has 3 heterocycles. The number of nitrogens with one attached hydrogen (secondary N) is 1. The first-order chi connectivity index (χ1) is 11.9. The van der Waals surface area contributed by atoms with Gasteiger partial charge in [-0.1, -0.05) is 0 Å². The van der Waals surface area contributed by atoms with E-state index in [-0.39, 0.29) is 11.7 Å². The molecule has 0 radical (unpaired) electrons. The summed E-state index contributed by atoms with van der Waals surface area (Å²) in [5.41, 5.74) is -0.540. The van der Waals surface area contributed by atoms with Crippen molar-refractivity contribution in [2.45, 2.75) is 38.1 Å². The number of rotatable bonds is 4. The van der Waals surface area contributed by atoms with Crippen LogP contribution in [0.5, 0.6) is 0 Å². The molecule has 1 amide bonds. The summed E-state index contributed by atoms with van der Waals surface area (Å²) in [6.45, 7) is 1.34. The first kappa shape index (κ1) is 17.4. The molecule has 25 heavy (non-hydrogen) atoms. The third-order valence-electron chi connectivity index (χ3n) is 3.87. The van der Waals surface area contributed by atoms with Crippen molar-refractivity contribution in [1.29, 1.82) is 0 Å². The summed E-state index contributed by atoms with van der Waals surface area (Å²) in [4.78, 5) is 15.4. The van der Waals surface area contributed by atoms with E-state index < -0.39 is 17.8 Å². The van der Waals surface area contributed by atoms with Crippen LogP contribution in [0, 0.1) is 0 Å². The van der Waals surface area contributed by atoms with Crippen LogP contribution in [0.3, 0.4) is 0 Å². The Morgan fingerprint density at radius 1 is 1.32 bits per heavy atom. The molecule has 1 fully saturated rings. The predicted octanol–water partition coefficient (Wildman–Crippen LogP) is 3.12. The minimum Gasteiger partial charge on any atom is -0.376 e. The van der Waals surface area contributed by atoms with Crippen LogP contribution in [-0.2, 0) is 17.5 Å². The van der Waals surface area contributed by atoms with Gasteiger partial charge in [-0.3, -0.25) is 14.5 Å². The third kappa shape index (κ3) is 4.56. The van der Waals surface area contributed by atoms with E-state index in [0.717, 1.165) is 44.2 Å². The zero-order chi connectivity index (χ0) is 17.9. The fourth-order valence-corrected chi connectivity index (χ4v) is 2.59. The van der Waals surface area contributed by atoms with Crippen LogP contribution in [0.4, 0.5) is 18.9 Å². The molecule has 0 aromatic carbocycles. The van der Waals surface area contributed by atoms with Crippen LogP contribution in [0.2, 0.25) is 0 Å². The van der Waals surface area contributed by atoms with Crippen LogP contribution >= 0.6 is 0 Å². The van der Waals surface area contributed by atoms with Gasteiger partial charge < -0.3 is 10.1 Å². The van der Waals surface area contributed by atoms with E-state index in [9.17, 15) is 18.0 Å². The molecule has 1 N–H and O–H groups in total. The van der Waals surface area contributed by atoms with Gasteiger partial charge in [-0.2, -0.15) is 18.3 Å². The van der Waals surface area contributed by atoms with Gasteiger partial charge in [-0.15, -0.1) is 0 Å². The topological polar surface area (TPSA) is 69.0 Å². The second-order valence-corrected chi connectivity index (χ2v) is 5.82. The number of carbonyl (C=O) groups excluding carboxylic acids is 1. The lowest BCUT2D eigenvalue weighted by molar-refractivity contribution is -0.141. The lowest BCUT2D eigenvalue weighted by Gasteiger charge is -2.22. The lowest BCUT2D eigenvalue weighted by Crippen LogP contribution is -2.24. The molecule has 3 rings (SSSR count). The van der Waals surface area contributed by atoms with Gasteiger partial charge >= 0.3 is 6.18 Å². The molecular weight excluding hydrogens is 337 g/mol. The summed E-state index contributed by atoms with van der Waals surface area (Å²) >= 11 is 0. The quantitative estimate of drug-likeness (QED) is 0.916. The summed E-state index contributed by atoms with van der Waals surface area (Å²) in [7, 11) is 0. The van der Waals surface area contributed by atoms with E-state index in [1.165, 1.54) is 6.20 Å². The fourth-order valence-electron chi connectivity index (χ4n) is 2.59. The molecule has 134 valence electrons. The van der Waals surface area contributed by atoms with E-state index >= 15 is 0 Å². The molecule has 1 atom stereocenters. The van der Waals surface area contributed by atoms with E-state index in [4.69, 9.17) is 4.74 Å². The zero-order valence-corrected chi connectivity index (χ0v) is 13.3. The molecule has 9 heteroatoms. The zero-order valence-electron chi connectivity index (χ0n) is 13.3. The van der Waals surface area contributed by atoms with Gasteiger partial charge in [0.25, 0.3) is 5.91 Å². The highest BCUT2D eigenvalue weighted by Crippen LogP contribution is 2.27. The Bertz CT molecular complexity index is 722. The first-order valence-electron chi connectivity index (χ1n) is 7.90. The average molecular weight is 354 g/mol. The number of hydrogen-bond donors (Lipinski definition) is 1. The van der Waals surface area contributed by atoms with Crippen molar-refractivity contribution in [2.75, 3.05) is 11.9 Å². The number of carbonyl (C=O) groups is 1. The van der Waals surface area contributed by atoms with Crippen molar-refractivity contribution < 1.29 is 22.7 Å². The number of nitrogens with zero attached hydrogens (tertiary/aromatic N) is 3. The second-order valence-electron chi connectivity index (χ2n) is 5.82. The van der Waals surface area contributed by atoms with Crippen molar-refractivity contribution in [3.63, 3.8) is 0 Å². The SMILES string of the molecule is O=C(Nc1cnn(C[C@H]2CCCCO2)c1)c1ccc(C(F)(F)F)nc1. The summed E-state index contributed by atoms with van der Waals surface area (Å²) < 4.78 is 44.7. The maximum absolute atomic E-state index is 12.5. The molecule has 0 aliphatic carbocycles. The average Bonchev–Trinajstić information content (AvgIpc) is 3.02. The van der Waals surface area contributed by atoms with Gasteiger partial charge in [0.05, 0.1) is 30.1 Å². The third-order valence-corrected chi connectivity index (χ3v) is 3.87. The summed E-state index contributed by atoms with van der Waals surface area (Å²) in [5, 5.41) is 6.75. The van der Waals surface area contributed by atoms with E-state index in [2.05, 4.69) is 15.4 Å². The molecule has 2 aromatic heterocycles. The molecule has 1 saturated heterocycles. The highest BCUT2D eigenvalue weighted by atomic mass is 19.4. The predicted molar refractivity (Wildman–Crippen MR) is 83.0 cm³/mol. The Kier molecular flexibility index (Phi) is 5.03. The lowest BCUT2D eigenvalue weighted by atomic mass is 10.1. The monoisotopic (exact) mass is 354 g/mol. The van der Waals surface area contributed by atoms with Crippen LogP contribution in [-0.4, -0.2) is 33.4 Å². The van der Waals surface area contributed by atoms with Gasteiger partial charge in [0.2, 0.25) is 0 Å². The largest absolute Gasteiger partial charge is 0.433 e. The molecule has 0 unspecified atom stereocenters. The Balaban J connectivity index is 1.59. The highest BCUT2D eigenvalue weighted by Gasteiger charge is 2.32. The minimum absolute atomic E-state index is 0.0383. The molecule has 1 aliphatic heterocycles. The maximum atomic E-state index is 12.5. The van der Waals surface area contributed by atoms with Crippen LogP contribution < -0.4 is 5.32 Å². The number of ether oxygens (including phenoxy) is 1. The Labute approximate surface area is 142 Å². The van der Waals surface area contributed by atoms with Crippen molar-refractivity contribution in [2.24, 2.45) is 0 Å². The number of amides is 1. The molecular formula is C16H17F3N4O2. The normalized spacial score (nSPS) is 18.1. The Hall–Kier alpha value is -2.42. The van der Waals surface area contributed by atoms with Crippen molar-refractivity contribution >= 4 is 11.6 Å². The first-order valence-corrected chi connectivity index (χ1v) is 7.90. The number of anilines is 1. The fraction of sp³-hybridized carbons (Fsp3) is 0.438. The molecule has 0 spiro atoms. The number of halogens is 3. The number of alkyl halides is 3. The smallest absolute Gasteiger partial charge is 0.376 e. The van der Waals surface area contributed by atoms with Crippen LogP contribution in [0.1, 0.15) is 35.3 Å². The second kappa shape index (κ2) is 7.22. The van der Waals surface area contributed by atoms with Gasteiger partial charge in [0.1, 0.15) is 5.69 Å². The summed E-state index contributed by atoms with van der Waals surface area (Å²) in [6, 6.07) is 1.87. The number of hydrogen-bond acceptors (Lipinski definition) is 4. The van der Waals surface area contributed by atoms with E-state index in [1.807, 2.05) is 0 Å². The van der Waals surface area contributed by atoms with Gasteiger partial charge in [0, 0.05) is 19.0 Å². The van der Waals surface area contributed by atoms with Gasteiger partial charge in [-0.25, -0.2) is 0 Å². The van der Waals surface area contributed by atoms with E-state index in [1.54, 1.807) is 10.9 Å². The van der Waals surface area contributed by atoms with Crippen LogP contribution in [0.15, 0.2) is 30.7 Å². The van der Waals surface area contributed by atoms with Gasteiger partial charge in [0.15, 0.2) is 0 Å². The molecule has 1 aliphatic rings. The maximum Gasteiger partial charge on any atom is 0.433 e. The molecule has 2 aromatic rings. The summed E-state index contributed by atoms with van der Waals surface area (Å²) in [6.07, 6.45) is 2.78. The minimum atomic E-state index is -4.53. The van der Waals surface area contributed by atoms with Crippen molar-refractivity contribution in [3.8, 4) is 0 Å². The molecule has 0 bridgehead atoms. The molecule has 0 saturated carbocycles. The molecule has 6 nitrogen and oxygen atoms in total. The highest BCUT2D eigenvalue weighted by molar-refractivity contribution is 6.03. The van der Waals surface area contributed by atoms with E-state index in [0.29, 0.717) is 12.2 Å².